The van der Waals surface area contributed by atoms with Crippen LogP contribution in [0.25, 0.3) is 33.3 Å². The highest BCUT2D eigenvalue weighted by Gasteiger charge is 2.24. The van der Waals surface area contributed by atoms with Gasteiger partial charge in [-0.2, -0.15) is 5.10 Å². The third kappa shape index (κ3) is 2.37. The van der Waals surface area contributed by atoms with E-state index < -0.39 is 0 Å². The molecular formula is C19H18N6O. The number of nitrogens with one attached hydrogen (secondary N) is 1. The van der Waals surface area contributed by atoms with Crippen LogP contribution in [0, 0.1) is 0 Å². The molecule has 7 nitrogen and oxygen atoms in total. The number of para-hydroxylation sites is 1. The van der Waals surface area contributed by atoms with Crippen molar-refractivity contribution in [3.63, 3.8) is 0 Å². The van der Waals surface area contributed by atoms with E-state index in [4.69, 9.17) is 20.6 Å². The summed E-state index contributed by atoms with van der Waals surface area (Å²) in [6.45, 7) is 1.89. The van der Waals surface area contributed by atoms with Gasteiger partial charge >= 0.3 is 0 Å². The van der Waals surface area contributed by atoms with Crippen LogP contribution in [0.4, 0.5) is 0 Å². The molecule has 0 saturated carbocycles. The average Bonchev–Trinajstić information content (AvgIpc) is 3.35. The molecule has 1 aliphatic heterocycles. The molecule has 0 bridgehead atoms. The molecule has 7 heteroatoms. The lowest BCUT2D eigenvalue weighted by Gasteiger charge is -2.13. The number of hydrogen-bond donors (Lipinski definition) is 2. The zero-order chi connectivity index (χ0) is 17.5. The summed E-state index contributed by atoms with van der Waals surface area (Å²) < 4.78 is 7.67. The van der Waals surface area contributed by atoms with Crippen LogP contribution in [0.3, 0.4) is 0 Å². The van der Waals surface area contributed by atoms with E-state index in [0.717, 1.165) is 45.4 Å². The van der Waals surface area contributed by atoms with Crippen molar-refractivity contribution < 1.29 is 4.74 Å². The fraction of sp³-hybridized carbons (Fsp3) is 0.211. The van der Waals surface area contributed by atoms with Crippen molar-refractivity contribution in [3.8, 4) is 11.4 Å². The normalized spacial score (nSPS) is 17.3. The van der Waals surface area contributed by atoms with Gasteiger partial charge in [-0.05, 0) is 29.8 Å². The van der Waals surface area contributed by atoms with Gasteiger partial charge in [0, 0.05) is 24.7 Å². The Balaban J connectivity index is 1.76. The average molecular weight is 346 g/mol. The van der Waals surface area contributed by atoms with Gasteiger partial charge in [0.25, 0.3) is 0 Å². The van der Waals surface area contributed by atoms with Crippen LogP contribution in [-0.2, 0) is 11.3 Å². The Kier molecular flexibility index (Phi) is 3.63. The quantitative estimate of drug-likeness (QED) is 0.591. The predicted molar refractivity (Wildman–Crippen MR) is 99.1 cm³/mol. The Labute approximate surface area is 149 Å². The topological polar surface area (TPSA) is 90.9 Å². The number of benzene rings is 1. The van der Waals surface area contributed by atoms with Crippen molar-refractivity contribution >= 4 is 21.9 Å². The molecule has 0 spiro atoms. The Morgan fingerprint density at radius 2 is 2.12 bits per heavy atom. The van der Waals surface area contributed by atoms with E-state index in [-0.39, 0.29) is 6.35 Å². The van der Waals surface area contributed by atoms with Crippen molar-refractivity contribution in [1.82, 2.24) is 25.1 Å². The number of rotatable bonds is 3. The number of pyridine rings is 2. The Morgan fingerprint density at radius 1 is 1.15 bits per heavy atom. The first-order valence-corrected chi connectivity index (χ1v) is 8.62. The highest BCUT2D eigenvalue weighted by Crippen LogP contribution is 2.32. The summed E-state index contributed by atoms with van der Waals surface area (Å²) in [6, 6.07) is 13.9. The molecule has 1 saturated heterocycles. The van der Waals surface area contributed by atoms with Crippen molar-refractivity contribution in [1.29, 1.82) is 0 Å². The summed E-state index contributed by atoms with van der Waals surface area (Å²) >= 11 is 0. The van der Waals surface area contributed by atoms with Gasteiger partial charge in [-0.25, -0.2) is 9.67 Å². The first-order valence-electron chi connectivity index (χ1n) is 8.62. The fourth-order valence-electron chi connectivity index (χ4n) is 3.45. The van der Waals surface area contributed by atoms with E-state index in [2.05, 4.69) is 16.4 Å². The van der Waals surface area contributed by atoms with Crippen LogP contribution in [-0.4, -0.2) is 32.9 Å². The third-order valence-corrected chi connectivity index (χ3v) is 4.65. The second-order valence-electron chi connectivity index (χ2n) is 6.23. The van der Waals surface area contributed by atoms with Gasteiger partial charge < -0.3 is 10.5 Å². The monoisotopic (exact) mass is 346 g/mol. The molecule has 130 valence electrons. The van der Waals surface area contributed by atoms with Crippen LogP contribution in [0.15, 0.2) is 48.7 Å². The molecule has 26 heavy (non-hydrogen) atoms. The zero-order valence-electron chi connectivity index (χ0n) is 14.1. The molecule has 0 aliphatic carbocycles. The van der Waals surface area contributed by atoms with E-state index >= 15 is 0 Å². The molecule has 1 unspecified atom stereocenters. The maximum Gasteiger partial charge on any atom is 0.206 e. The summed E-state index contributed by atoms with van der Waals surface area (Å²) in [5, 5.41) is 9.18. The van der Waals surface area contributed by atoms with Crippen LogP contribution >= 0.6 is 0 Å². The SMILES string of the molecule is NCc1cccc2c(-c3ccc4ncccc4n3)nn(C3NCCO3)c12. The van der Waals surface area contributed by atoms with Crippen LogP contribution in [0.2, 0.25) is 0 Å². The first-order chi connectivity index (χ1) is 12.8. The molecule has 1 atom stereocenters. The zero-order valence-corrected chi connectivity index (χ0v) is 14.1. The number of nitrogens with zero attached hydrogens (tertiary/aromatic N) is 4. The summed E-state index contributed by atoms with van der Waals surface area (Å²) in [5.41, 5.74) is 11.3. The summed E-state index contributed by atoms with van der Waals surface area (Å²) in [6.07, 6.45) is 1.48. The number of nitrogens with two attached hydrogens (primary N) is 1. The Hall–Kier alpha value is -2.87. The number of hydrogen-bond acceptors (Lipinski definition) is 6. The fourth-order valence-corrected chi connectivity index (χ4v) is 3.45. The molecule has 4 heterocycles. The molecule has 5 rings (SSSR count). The van der Waals surface area contributed by atoms with Crippen molar-refractivity contribution in [2.45, 2.75) is 12.9 Å². The highest BCUT2D eigenvalue weighted by atomic mass is 16.5. The lowest BCUT2D eigenvalue weighted by atomic mass is 10.1. The van der Waals surface area contributed by atoms with E-state index in [1.54, 1.807) is 6.20 Å². The van der Waals surface area contributed by atoms with Gasteiger partial charge in [-0.1, -0.05) is 18.2 Å². The van der Waals surface area contributed by atoms with Gasteiger partial charge in [-0.3, -0.25) is 10.3 Å². The standard InChI is InChI=1S/C19H18N6O/c20-11-12-3-1-4-13-17(24-25(18(12)13)19-22-9-10-26-19)16-7-6-14-15(23-16)5-2-8-21-14/h1-8,19,22H,9-11,20H2. The van der Waals surface area contributed by atoms with E-state index in [0.29, 0.717) is 13.2 Å². The molecule has 1 fully saturated rings. The molecule has 1 aliphatic rings. The summed E-state index contributed by atoms with van der Waals surface area (Å²) in [4.78, 5) is 9.10. The first kappa shape index (κ1) is 15.4. The molecule has 1 aromatic carbocycles. The van der Waals surface area contributed by atoms with Crippen molar-refractivity contribution in [3.05, 3.63) is 54.2 Å². The van der Waals surface area contributed by atoms with E-state index in [9.17, 15) is 0 Å². The molecule has 0 radical (unpaired) electrons. The second-order valence-corrected chi connectivity index (χ2v) is 6.23. The van der Waals surface area contributed by atoms with E-state index in [1.807, 2.05) is 41.1 Å². The minimum Gasteiger partial charge on any atom is -0.342 e. The van der Waals surface area contributed by atoms with Crippen LogP contribution in [0.1, 0.15) is 11.9 Å². The molecule has 4 aromatic rings. The minimum absolute atomic E-state index is 0.291. The van der Waals surface area contributed by atoms with Gasteiger partial charge in [0.2, 0.25) is 6.35 Å². The number of ether oxygens (including phenoxy) is 1. The maximum absolute atomic E-state index is 5.98. The highest BCUT2D eigenvalue weighted by molar-refractivity contribution is 5.95. The van der Waals surface area contributed by atoms with Crippen LogP contribution in [0.5, 0.6) is 0 Å². The van der Waals surface area contributed by atoms with Gasteiger partial charge in [0.05, 0.1) is 28.9 Å². The van der Waals surface area contributed by atoms with Crippen molar-refractivity contribution in [2.75, 3.05) is 13.2 Å². The van der Waals surface area contributed by atoms with Crippen LogP contribution < -0.4 is 11.1 Å². The molecule has 0 amide bonds. The smallest absolute Gasteiger partial charge is 0.206 e. The summed E-state index contributed by atoms with van der Waals surface area (Å²) in [5.74, 6) is 0. The predicted octanol–water partition coefficient (Wildman–Crippen LogP) is 2.18. The lowest BCUT2D eigenvalue weighted by Crippen LogP contribution is -2.22. The van der Waals surface area contributed by atoms with Gasteiger partial charge in [-0.15, -0.1) is 0 Å². The third-order valence-electron chi connectivity index (χ3n) is 4.65. The van der Waals surface area contributed by atoms with Crippen molar-refractivity contribution in [2.24, 2.45) is 5.73 Å². The molecule has 3 N–H and O–H groups in total. The lowest BCUT2D eigenvalue weighted by molar-refractivity contribution is 0.0381. The number of fused-ring (bicyclic) bond motifs is 2. The second kappa shape index (κ2) is 6.14. The Morgan fingerprint density at radius 3 is 2.96 bits per heavy atom. The summed E-state index contributed by atoms with van der Waals surface area (Å²) in [7, 11) is 0. The van der Waals surface area contributed by atoms with Gasteiger partial charge in [0.15, 0.2) is 0 Å². The molecule has 3 aromatic heterocycles. The number of aromatic nitrogens is 4. The Bertz CT molecular complexity index is 1100. The largest absolute Gasteiger partial charge is 0.342 e. The minimum atomic E-state index is -0.291. The maximum atomic E-state index is 5.98. The molecular weight excluding hydrogens is 328 g/mol. The van der Waals surface area contributed by atoms with E-state index in [1.165, 1.54) is 0 Å². The van der Waals surface area contributed by atoms with Gasteiger partial charge in [0.1, 0.15) is 5.69 Å².